The average Bonchev–Trinajstić information content (AvgIpc) is 2.88. The zero-order valence-corrected chi connectivity index (χ0v) is 19.6. The normalized spacial score (nSPS) is 23.5. The predicted molar refractivity (Wildman–Crippen MR) is 127 cm³/mol. The highest BCUT2D eigenvalue weighted by Gasteiger charge is 2.25. The van der Waals surface area contributed by atoms with Crippen molar-refractivity contribution in [3.05, 3.63) is 6.07 Å². The molecule has 7 heteroatoms. The molecule has 29 heavy (non-hydrogen) atoms. The second-order valence-corrected chi connectivity index (χ2v) is 10.4. The van der Waals surface area contributed by atoms with Gasteiger partial charge in [0.2, 0.25) is 5.95 Å². The zero-order valence-electron chi connectivity index (χ0n) is 18.8. The maximum atomic E-state index is 5.51. The van der Waals surface area contributed by atoms with Gasteiger partial charge in [-0.3, -0.25) is 0 Å². The van der Waals surface area contributed by atoms with Gasteiger partial charge in [-0.05, 0) is 64.1 Å². The van der Waals surface area contributed by atoms with Crippen molar-refractivity contribution in [2.45, 2.75) is 72.3 Å². The van der Waals surface area contributed by atoms with E-state index >= 15 is 0 Å². The highest BCUT2D eigenvalue weighted by Crippen LogP contribution is 2.29. The smallest absolute Gasteiger partial charge is 0.232 e. The van der Waals surface area contributed by atoms with Gasteiger partial charge in [-0.2, -0.15) is 9.97 Å². The van der Waals surface area contributed by atoms with Crippen molar-refractivity contribution in [3.8, 4) is 0 Å². The molecule has 0 spiro atoms. The molecule has 162 valence electrons. The number of aromatic nitrogens is 2. The third kappa shape index (κ3) is 6.69. The highest BCUT2D eigenvalue weighted by atomic mass is 32.1. The van der Waals surface area contributed by atoms with E-state index in [0.717, 1.165) is 37.8 Å². The maximum absolute atomic E-state index is 5.51. The van der Waals surface area contributed by atoms with Crippen LogP contribution in [0.15, 0.2) is 6.07 Å². The number of rotatable bonds is 3. The molecule has 1 aromatic rings. The van der Waals surface area contributed by atoms with Crippen molar-refractivity contribution < 1.29 is 0 Å². The Balaban J connectivity index is 1.87. The Morgan fingerprint density at radius 1 is 0.966 bits per heavy atom. The van der Waals surface area contributed by atoms with Crippen molar-refractivity contribution in [2.24, 2.45) is 11.8 Å². The van der Waals surface area contributed by atoms with Crippen LogP contribution in [0, 0.1) is 11.8 Å². The van der Waals surface area contributed by atoms with Crippen LogP contribution in [-0.4, -0.2) is 46.8 Å². The average molecular weight is 419 g/mol. The minimum atomic E-state index is -0.104. The van der Waals surface area contributed by atoms with Gasteiger partial charge in [-0.25, -0.2) is 0 Å². The van der Waals surface area contributed by atoms with E-state index in [4.69, 9.17) is 22.2 Å². The summed E-state index contributed by atoms with van der Waals surface area (Å²) in [5.74, 6) is 3.97. The number of hydrogen-bond donors (Lipinski definition) is 2. The third-order valence-electron chi connectivity index (χ3n) is 5.54. The molecule has 2 saturated heterocycles. The fourth-order valence-electron chi connectivity index (χ4n) is 4.43. The van der Waals surface area contributed by atoms with E-state index in [1.165, 1.54) is 32.1 Å². The van der Waals surface area contributed by atoms with Gasteiger partial charge in [0.15, 0.2) is 5.11 Å². The number of nitrogens with one attached hydrogen (secondary N) is 2. The molecule has 0 saturated carbocycles. The first-order valence-electron chi connectivity index (χ1n) is 11.2. The van der Waals surface area contributed by atoms with Crippen molar-refractivity contribution in [1.29, 1.82) is 0 Å². The Morgan fingerprint density at radius 2 is 1.52 bits per heavy atom. The molecule has 2 aliphatic rings. The summed E-state index contributed by atoms with van der Waals surface area (Å²) in [5.41, 5.74) is -0.104. The Labute approximate surface area is 181 Å². The molecular weight excluding hydrogens is 380 g/mol. The summed E-state index contributed by atoms with van der Waals surface area (Å²) in [5, 5.41) is 7.11. The lowest BCUT2D eigenvalue weighted by Crippen LogP contribution is -2.43. The van der Waals surface area contributed by atoms with Crippen molar-refractivity contribution in [3.63, 3.8) is 0 Å². The van der Waals surface area contributed by atoms with E-state index in [-0.39, 0.29) is 5.54 Å². The van der Waals surface area contributed by atoms with Crippen LogP contribution in [-0.2, 0) is 0 Å². The van der Waals surface area contributed by atoms with E-state index in [1.54, 1.807) is 0 Å². The fraction of sp³-hybridized carbons (Fsp3) is 0.773. The first kappa shape index (κ1) is 22.1. The molecule has 0 amide bonds. The van der Waals surface area contributed by atoms with Crippen LogP contribution in [0.2, 0.25) is 0 Å². The van der Waals surface area contributed by atoms with Gasteiger partial charge in [0.1, 0.15) is 11.6 Å². The molecular formula is C22H38N6S. The first-order valence-corrected chi connectivity index (χ1v) is 11.6. The van der Waals surface area contributed by atoms with Gasteiger partial charge in [0, 0.05) is 37.8 Å². The second kappa shape index (κ2) is 9.45. The van der Waals surface area contributed by atoms with Gasteiger partial charge in [-0.15, -0.1) is 0 Å². The molecule has 0 unspecified atom stereocenters. The summed E-state index contributed by atoms with van der Waals surface area (Å²) in [7, 11) is 0. The Morgan fingerprint density at radius 3 is 2.07 bits per heavy atom. The predicted octanol–water partition coefficient (Wildman–Crippen LogP) is 4.42. The van der Waals surface area contributed by atoms with Crippen LogP contribution in [0.3, 0.4) is 0 Å². The summed E-state index contributed by atoms with van der Waals surface area (Å²) in [6, 6.07) is 2.18. The largest absolute Gasteiger partial charge is 0.358 e. The Bertz CT molecular complexity index is 683. The van der Waals surface area contributed by atoms with E-state index in [0.29, 0.717) is 22.9 Å². The molecule has 6 nitrogen and oxygen atoms in total. The second-order valence-electron chi connectivity index (χ2n) is 9.99. The topological polar surface area (TPSA) is 56.3 Å². The zero-order chi connectivity index (χ0) is 21.0. The lowest BCUT2D eigenvalue weighted by Gasteiger charge is -2.36. The van der Waals surface area contributed by atoms with Gasteiger partial charge < -0.3 is 20.4 Å². The van der Waals surface area contributed by atoms with Gasteiger partial charge in [-0.1, -0.05) is 26.7 Å². The van der Waals surface area contributed by atoms with Crippen LogP contribution in [0.1, 0.15) is 66.7 Å². The van der Waals surface area contributed by atoms with E-state index in [1.807, 2.05) is 0 Å². The molecule has 3 heterocycles. The molecule has 2 aliphatic heterocycles. The van der Waals surface area contributed by atoms with Crippen LogP contribution < -0.4 is 20.4 Å². The molecule has 0 aromatic carbocycles. The summed E-state index contributed by atoms with van der Waals surface area (Å²) < 4.78 is 0. The Kier molecular flexibility index (Phi) is 7.19. The van der Waals surface area contributed by atoms with E-state index in [2.05, 4.69) is 61.1 Å². The van der Waals surface area contributed by atoms with Gasteiger partial charge >= 0.3 is 0 Å². The lowest BCUT2D eigenvalue weighted by molar-refractivity contribution is 0.355. The van der Waals surface area contributed by atoms with Crippen LogP contribution in [0.4, 0.5) is 17.6 Å². The minimum absolute atomic E-state index is 0.104. The molecule has 0 aliphatic carbocycles. The third-order valence-corrected chi connectivity index (χ3v) is 5.74. The van der Waals surface area contributed by atoms with E-state index in [9.17, 15) is 0 Å². The summed E-state index contributed by atoms with van der Waals surface area (Å²) in [6.07, 6.45) is 6.35. The lowest BCUT2D eigenvalue weighted by atomic mass is 9.92. The van der Waals surface area contributed by atoms with Crippen LogP contribution >= 0.6 is 12.2 Å². The molecule has 1 aromatic heterocycles. The molecule has 2 fully saturated rings. The number of thiocarbonyl (C=S) groups is 1. The fourth-order valence-corrected chi connectivity index (χ4v) is 4.82. The molecule has 2 atom stereocenters. The number of hydrogen-bond acceptors (Lipinski definition) is 5. The van der Waals surface area contributed by atoms with Crippen molar-refractivity contribution >= 4 is 34.9 Å². The van der Waals surface area contributed by atoms with E-state index < -0.39 is 0 Å². The molecule has 0 bridgehead atoms. The number of nitrogens with zero attached hydrogens (tertiary/aromatic N) is 4. The maximum Gasteiger partial charge on any atom is 0.232 e. The Hall–Kier alpha value is -1.63. The molecule has 2 N–H and O–H groups in total. The highest BCUT2D eigenvalue weighted by molar-refractivity contribution is 7.80. The molecule has 0 radical (unpaired) electrons. The number of piperidine rings is 1. The SMILES string of the molecule is C[C@H]1C[C@H](C)CN(c2cc(N3CCCCCC3)nc(NC(=S)NC(C)(C)C)n2)C1. The van der Waals surface area contributed by atoms with Crippen LogP contribution in [0.5, 0.6) is 0 Å². The monoisotopic (exact) mass is 418 g/mol. The van der Waals surface area contributed by atoms with Crippen molar-refractivity contribution in [2.75, 3.05) is 41.3 Å². The minimum Gasteiger partial charge on any atom is -0.358 e. The quantitative estimate of drug-likeness (QED) is 0.705. The standard InChI is InChI=1S/C22H38N6S/c1-16-12-17(2)15-28(14-16)19-13-18(27-10-8-6-7-9-11-27)23-20(24-19)25-21(29)26-22(3,4)5/h13,16-17H,6-12,14-15H2,1-5H3,(H2,23,24,25,26,29)/t16-,17-/m0/s1. The van der Waals surface area contributed by atoms with Gasteiger partial charge in [0.05, 0.1) is 0 Å². The number of anilines is 3. The first-order chi connectivity index (χ1) is 13.7. The summed E-state index contributed by atoms with van der Waals surface area (Å²) in [6.45, 7) is 15.2. The van der Waals surface area contributed by atoms with Crippen molar-refractivity contribution in [1.82, 2.24) is 15.3 Å². The summed E-state index contributed by atoms with van der Waals surface area (Å²) >= 11 is 5.51. The summed E-state index contributed by atoms with van der Waals surface area (Å²) in [4.78, 5) is 14.6. The molecule has 3 rings (SSSR count). The van der Waals surface area contributed by atoms with Gasteiger partial charge in [0.25, 0.3) is 0 Å². The van der Waals surface area contributed by atoms with Crippen LogP contribution in [0.25, 0.3) is 0 Å².